The van der Waals surface area contributed by atoms with Crippen molar-refractivity contribution in [2.45, 2.75) is 46.1 Å². The zero-order chi connectivity index (χ0) is 24.4. The van der Waals surface area contributed by atoms with Gasteiger partial charge in [0.25, 0.3) is 0 Å². The van der Waals surface area contributed by atoms with Crippen LogP contribution in [0.15, 0.2) is 71.9 Å². The molecule has 0 amide bonds. The molecule has 1 aromatic heterocycles. The molecule has 8 heteroatoms. The summed E-state index contributed by atoms with van der Waals surface area (Å²) in [6.45, 7) is 9.94. The Kier molecular flexibility index (Phi) is 9.78. The van der Waals surface area contributed by atoms with Crippen LogP contribution in [0, 0.1) is 0 Å². The highest BCUT2D eigenvalue weighted by atomic mass is 32.1. The Balaban J connectivity index is 2.09. The van der Waals surface area contributed by atoms with Gasteiger partial charge in [-0.25, -0.2) is 0 Å². The molecule has 0 N–H and O–H groups in total. The molecule has 178 valence electrons. The van der Waals surface area contributed by atoms with Gasteiger partial charge in [0.05, 0.1) is 23.2 Å². The summed E-state index contributed by atoms with van der Waals surface area (Å²) in [4.78, 5) is 13.3. The summed E-state index contributed by atoms with van der Waals surface area (Å²) in [5.74, 6) is -0.0441. The zero-order valence-electron chi connectivity index (χ0n) is 18.8. The van der Waals surface area contributed by atoms with Gasteiger partial charge in [0.1, 0.15) is 17.3 Å². The standard InChI is InChI=1S/C25H27F3O4S/c1-5-17(3)9-10-19(6-2)30-14-13-18(4)31-22-12-11-20(32-25(26,27)28)16-21(22)24(29)23-8-7-15-33-23/h6-12,15-16,18H,3,5,13-14H2,1-2,4H3/b10-9-,19-6+. The number of hydrogen-bond acceptors (Lipinski definition) is 5. The minimum atomic E-state index is -4.86. The Morgan fingerprint density at radius 1 is 1.24 bits per heavy atom. The molecule has 0 bridgehead atoms. The number of carbonyl (C=O) groups is 1. The van der Waals surface area contributed by atoms with Crippen LogP contribution in [0.4, 0.5) is 13.2 Å². The Hall–Kier alpha value is -3.00. The fourth-order valence-corrected chi connectivity index (χ4v) is 3.37. The summed E-state index contributed by atoms with van der Waals surface area (Å²) in [7, 11) is 0. The van der Waals surface area contributed by atoms with Crippen LogP contribution in [0.25, 0.3) is 0 Å². The van der Waals surface area contributed by atoms with Gasteiger partial charge in [-0.3, -0.25) is 4.79 Å². The molecule has 33 heavy (non-hydrogen) atoms. The van der Waals surface area contributed by atoms with Crippen molar-refractivity contribution in [3.8, 4) is 11.5 Å². The molecular formula is C25H27F3O4S. The van der Waals surface area contributed by atoms with Gasteiger partial charge < -0.3 is 14.2 Å². The molecule has 0 fully saturated rings. The molecule has 4 nitrogen and oxygen atoms in total. The van der Waals surface area contributed by atoms with E-state index in [0.717, 1.165) is 24.1 Å². The first-order chi connectivity index (χ1) is 15.6. The van der Waals surface area contributed by atoms with Crippen LogP contribution in [0.2, 0.25) is 0 Å². The normalized spacial score (nSPS) is 13.1. The number of rotatable bonds is 12. The van der Waals surface area contributed by atoms with Gasteiger partial charge in [0.15, 0.2) is 0 Å². The lowest BCUT2D eigenvalue weighted by Gasteiger charge is -2.18. The minimum Gasteiger partial charge on any atom is -0.494 e. The average molecular weight is 481 g/mol. The van der Waals surface area contributed by atoms with Gasteiger partial charge >= 0.3 is 6.36 Å². The highest BCUT2D eigenvalue weighted by Gasteiger charge is 2.32. The van der Waals surface area contributed by atoms with Crippen LogP contribution in [-0.4, -0.2) is 24.9 Å². The van der Waals surface area contributed by atoms with Crippen LogP contribution < -0.4 is 9.47 Å². The fraction of sp³-hybridized carbons (Fsp3) is 0.320. The number of allylic oxidation sites excluding steroid dienone is 4. The van der Waals surface area contributed by atoms with Gasteiger partial charge in [-0.1, -0.05) is 31.2 Å². The van der Waals surface area contributed by atoms with E-state index in [4.69, 9.17) is 9.47 Å². The van der Waals surface area contributed by atoms with Crippen molar-refractivity contribution < 1.29 is 32.2 Å². The molecule has 0 aliphatic carbocycles. The number of thiophene rings is 1. The second kappa shape index (κ2) is 12.3. The second-order valence-corrected chi connectivity index (χ2v) is 8.06. The van der Waals surface area contributed by atoms with E-state index < -0.39 is 17.9 Å². The first kappa shape index (κ1) is 26.3. The van der Waals surface area contributed by atoms with E-state index >= 15 is 0 Å². The van der Waals surface area contributed by atoms with E-state index in [0.29, 0.717) is 23.7 Å². The summed E-state index contributed by atoms with van der Waals surface area (Å²) in [5.41, 5.74) is 0.984. The first-order valence-corrected chi connectivity index (χ1v) is 11.3. The minimum absolute atomic E-state index is 0.00197. The quantitative estimate of drug-likeness (QED) is 0.179. The van der Waals surface area contributed by atoms with E-state index in [1.54, 1.807) is 24.4 Å². The van der Waals surface area contributed by atoms with Gasteiger partial charge in [-0.15, -0.1) is 24.5 Å². The third-order valence-electron chi connectivity index (χ3n) is 4.52. The molecule has 0 saturated heterocycles. The lowest BCUT2D eigenvalue weighted by atomic mass is 10.1. The Bertz CT molecular complexity index is 992. The van der Waals surface area contributed by atoms with Crippen LogP contribution in [0.1, 0.15) is 48.8 Å². The van der Waals surface area contributed by atoms with Crippen molar-refractivity contribution in [3.63, 3.8) is 0 Å². The van der Waals surface area contributed by atoms with Crippen LogP contribution in [-0.2, 0) is 4.74 Å². The predicted octanol–water partition coefficient (Wildman–Crippen LogP) is 7.48. The van der Waals surface area contributed by atoms with E-state index in [9.17, 15) is 18.0 Å². The lowest BCUT2D eigenvalue weighted by molar-refractivity contribution is -0.274. The molecule has 1 atom stereocenters. The SMILES string of the molecule is C=C(/C=C\C(=C/C)OCCC(C)Oc1ccc(OC(F)(F)F)cc1C(=O)c1cccs1)CC. The maximum atomic E-state index is 12.9. The number of carbonyl (C=O) groups excluding carboxylic acids is 1. The van der Waals surface area contributed by atoms with Crippen LogP contribution in [0.5, 0.6) is 11.5 Å². The maximum Gasteiger partial charge on any atom is 0.573 e. The molecule has 1 aromatic carbocycles. The monoisotopic (exact) mass is 480 g/mol. The third-order valence-corrected chi connectivity index (χ3v) is 5.39. The Morgan fingerprint density at radius 3 is 2.61 bits per heavy atom. The van der Waals surface area contributed by atoms with Crippen molar-refractivity contribution in [1.82, 2.24) is 0 Å². The van der Waals surface area contributed by atoms with Gasteiger partial charge in [0, 0.05) is 6.42 Å². The van der Waals surface area contributed by atoms with Gasteiger partial charge in [-0.05, 0) is 62.1 Å². The number of benzene rings is 1. The van der Waals surface area contributed by atoms with Crippen LogP contribution in [0.3, 0.4) is 0 Å². The molecule has 0 aliphatic rings. The predicted molar refractivity (Wildman–Crippen MR) is 124 cm³/mol. The van der Waals surface area contributed by atoms with Gasteiger partial charge in [-0.2, -0.15) is 0 Å². The lowest BCUT2D eigenvalue weighted by Crippen LogP contribution is -2.19. The highest BCUT2D eigenvalue weighted by molar-refractivity contribution is 7.12. The van der Waals surface area contributed by atoms with E-state index in [-0.39, 0.29) is 17.4 Å². The molecular weight excluding hydrogens is 453 g/mol. The number of halogens is 3. The molecule has 0 radical (unpaired) electrons. The highest BCUT2D eigenvalue weighted by Crippen LogP contribution is 2.31. The number of alkyl halides is 3. The molecule has 1 unspecified atom stereocenters. The third kappa shape index (κ3) is 8.81. The summed E-state index contributed by atoms with van der Waals surface area (Å²) in [5, 5.41) is 1.72. The Morgan fingerprint density at radius 2 is 2.00 bits per heavy atom. The second-order valence-electron chi connectivity index (χ2n) is 7.11. The topological polar surface area (TPSA) is 44.8 Å². The van der Waals surface area contributed by atoms with Crippen LogP contribution >= 0.6 is 11.3 Å². The zero-order valence-corrected chi connectivity index (χ0v) is 19.6. The first-order valence-electron chi connectivity index (χ1n) is 10.4. The van der Waals surface area contributed by atoms with E-state index in [2.05, 4.69) is 11.3 Å². The number of hydrogen-bond donors (Lipinski definition) is 0. The Labute approximate surface area is 196 Å². The van der Waals surface area contributed by atoms with Gasteiger partial charge in [0.2, 0.25) is 5.78 Å². The molecule has 1 heterocycles. The summed E-state index contributed by atoms with van der Waals surface area (Å²) < 4.78 is 53.6. The maximum absolute atomic E-state index is 12.9. The van der Waals surface area contributed by atoms with E-state index in [1.165, 1.54) is 17.4 Å². The van der Waals surface area contributed by atoms with Crippen molar-refractivity contribution in [2.75, 3.05) is 6.61 Å². The number of ketones is 1. The summed E-state index contributed by atoms with van der Waals surface area (Å²) in [6, 6.07) is 6.79. The largest absolute Gasteiger partial charge is 0.573 e. The van der Waals surface area contributed by atoms with Crippen molar-refractivity contribution in [2.24, 2.45) is 0 Å². The number of ether oxygens (including phenoxy) is 3. The molecule has 0 aliphatic heterocycles. The summed E-state index contributed by atoms with van der Waals surface area (Å²) >= 11 is 1.19. The molecule has 2 aromatic rings. The fourth-order valence-electron chi connectivity index (χ4n) is 2.69. The average Bonchev–Trinajstić information content (AvgIpc) is 3.30. The van der Waals surface area contributed by atoms with Crippen molar-refractivity contribution in [1.29, 1.82) is 0 Å². The van der Waals surface area contributed by atoms with Crippen molar-refractivity contribution in [3.05, 3.63) is 82.3 Å². The molecule has 0 spiro atoms. The van der Waals surface area contributed by atoms with E-state index in [1.807, 2.05) is 32.1 Å². The smallest absolute Gasteiger partial charge is 0.494 e. The summed E-state index contributed by atoms with van der Waals surface area (Å²) in [6.07, 6.45) is 1.69. The molecule has 2 rings (SSSR count). The molecule has 0 saturated carbocycles. The van der Waals surface area contributed by atoms with Crippen molar-refractivity contribution >= 4 is 17.1 Å².